The van der Waals surface area contributed by atoms with Gasteiger partial charge in [0.15, 0.2) is 0 Å². The van der Waals surface area contributed by atoms with Crippen molar-refractivity contribution >= 4 is 34.2 Å². The Kier molecular flexibility index (Phi) is 6.49. The van der Waals surface area contributed by atoms with E-state index in [0.29, 0.717) is 16.6 Å². The van der Waals surface area contributed by atoms with Crippen LogP contribution in [0, 0.1) is 6.92 Å². The molecule has 0 saturated heterocycles. The molecule has 9 heteroatoms. The van der Waals surface area contributed by atoms with E-state index in [2.05, 4.69) is 10.6 Å². The molecule has 0 aliphatic carbocycles. The lowest BCUT2D eigenvalue weighted by Gasteiger charge is -2.17. The van der Waals surface area contributed by atoms with E-state index in [1.807, 2.05) is 12.1 Å². The number of nitrogens with one attached hydrogen (secondary N) is 2. The number of halogens is 3. The predicted molar refractivity (Wildman–Crippen MR) is 132 cm³/mol. The smallest absolute Gasteiger partial charge is 0.416 e. The number of benzene rings is 3. The van der Waals surface area contributed by atoms with Crippen LogP contribution in [-0.4, -0.2) is 21.6 Å². The van der Waals surface area contributed by atoms with Gasteiger partial charge >= 0.3 is 12.1 Å². The summed E-state index contributed by atoms with van der Waals surface area (Å²) in [5.41, 5.74) is 2.23. The molecule has 186 valence electrons. The first-order valence-electron chi connectivity index (χ1n) is 11.1. The van der Waals surface area contributed by atoms with Gasteiger partial charge in [0.1, 0.15) is 5.69 Å². The van der Waals surface area contributed by atoms with Gasteiger partial charge in [-0.3, -0.25) is 4.79 Å². The fourth-order valence-corrected chi connectivity index (χ4v) is 4.25. The number of alkyl halides is 3. The molecule has 0 saturated carbocycles. The monoisotopic (exact) mass is 495 g/mol. The zero-order chi connectivity index (χ0) is 26.2. The second-order valence-corrected chi connectivity index (χ2v) is 8.58. The number of hydrogen-bond donors (Lipinski definition) is 3. The number of aromatic carboxylic acids is 1. The second kappa shape index (κ2) is 9.41. The number of carboxylic acid groups (broad SMARTS) is 1. The summed E-state index contributed by atoms with van der Waals surface area (Å²) in [4.78, 5) is 24.8. The molecule has 0 fully saturated rings. The van der Waals surface area contributed by atoms with E-state index < -0.39 is 29.7 Å². The van der Waals surface area contributed by atoms with Gasteiger partial charge in [0.2, 0.25) is 0 Å². The van der Waals surface area contributed by atoms with Gasteiger partial charge < -0.3 is 20.3 Å². The van der Waals surface area contributed by atoms with Crippen LogP contribution in [0.25, 0.3) is 10.9 Å². The Morgan fingerprint density at radius 1 is 1.00 bits per heavy atom. The Hall–Kier alpha value is -4.27. The summed E-state index contributed by atoms with van der Waals surface area (Å²) < 4.78 is 41.4. The van der Waals surface area contributed by atoms with Gasteiger partial charge in [0.25, 0.3) is 5.91 Å². The van der Waals surface area contributed by atoms with E-state index in [1.165, 1.54) is 18.2 Å². The molecule has 0 spiro atoms. The molecule has 0 aliphatic heterocycles. The van der Waals surface area contributed by atoms with Gasteiger partial charge in [-0.05, 0) is 55.3 Å². The molecule has 0 radical (unpaired) electrons. The zero-order valence-electron chi connectivity index (χ0n) is 19.8. The Bertz CT molecular complexity index is 1470. The Morgan fingerprint density at radius 2 is 1.72 bits per heavy atom. The van der Waals surface area contributed by atoms with Crippen LogP contribution < -0.4 is 10.6 Å². The van der Waals surface area contributed by atoms with Gasteiger partial charge in [0, 0.05) is 18.1 Å². The average molecular weight is 496 g/mol. The molecule has 1 amide bonds. The maximum Gasteiger partial charge on any atom is 0.416 e. The van der Waals surface area contributed by atoms with Crippen LogP contribution in [0.3, 0.4) is 0 Å². The van der Waals surface area contributed by atoms with E-state index in [9.17, 15) is 27.9 Å². The van der Waals surface area contributed by atoms with Crippen LogP contribution in [0.15, 0.2) is 66.7 Å². The van der Waals surface area contributed by atoms with E-state index in [1.54, 1.807) is 49.7 Å². The molecule has 4 aromatic rings. The molecule has 1 aromatic heterocycles. The van der Waals surface area contributed by atoms with Crippen LogP contribution >= 0.6 is 0 Å². The molecular formula is C27H24F3N3O3. The van der Waals surface area contributed by atoms with Crippen LogP contribution in [-0.2, 0) is 13.2 Å². The molecule has 1 unspecified atom stereocenters. The molecule has 36 heavy (non-hydrogen) atoms. The molecule has 1 heterocycles. The second-order valence-electron chi connectivity index (χ2n) is 8.58. The lowest BCUT2D eigenvalue weighted by Crippen LogP contribution is -2.29. The lowest BCUT2D eigenvalue weighted by atomic mass is 10.0. The number of hydrogen-bond acceptors (Lipinski definition) is 3. The predicted octanol–water partition coefficient (Wildman–Crippen LogP) is 6.44. The number of rotatable bonds is 6. The summed E-state index contributed by atoms with van der Waals surface area (Å²) in [6.07, 6.45) is -4.50. The maximum atomic E-state index is 13.5. The highest BCUT2D eigenvalue weighted by molar-refractivity contribution is 6.09. The summed E-state index contributed by atoms with van der Waals surface area (Å²) in [6, 6.07) is 16.4. The standard InChI is InChI=1S/C27H24F3N3O3/c1-15-13-17(11-12-20(15)26(35)36)16(2)31-25(34)24-23(21-9-4-5-10-22(21)33(24)3)32-19-8-6-7-18(14-19)27(28,29)30/h4-14,16,32H,1-3H3,(H,31,34)(H,35,36). The molecule has 0 aliphatic rings. The third-order valence-electron chi connectivity index (χ3n) is 6.11. The summed E-state index contributed by atoms with van der Waals surface area (Å²) in [5, 5.41) is 15.9. The third kappa shape index (κ3) is 4.77. The minimum absolute atomic E-state index is 0.179. The molecule has 0 bridgehead atoms. The number of nitrogens with zero attached hydrogens (tertiary/aromatic N) is 1. The number of para-hydroxylation sites is 1. The minimum Gasteiger partial charge on any atom is -0.478 e. The van der Waals surface area contributed by atoms with Crippen molar-refractivity contribution in [2.45, 2.75) is 26.1 Å². The fraction of sp³-hybridized carbons (Fsp3) is 0.185. The normalized spacial score (nSPS) is 12.4. The number of anilines is 2. The van der Waals surface area contributed by atoms with Crippen molar-refractivity contribution < 1.29 is 27.9 Å². The number of aryl methyl sites for hydroxylation is 2. The topological polar surface area (TPSA) is 83.4 Å². The summed E-state index contributed by atoms with van der Waals surface area (Å²) >= 11 is 0. The molecule has 3 aromatic carbocycles. The van der Waals surface area contributed by atoms with E-state index in [4.69, 9.17) is 0 Å². The molecule has 3 N–H and O–H groups in total. The number of carbonyl (C=O) groups is 2. The van der Waals surface area contributed by atoms with Crippen LogP contribution in [0.2, 0.25) is 0 Å². The summed E-state index contributed by atoms with van der Waals surface area (Å²) in [5.74, 6) is -1.47. The first kappa shape index (κ1) is 24.8. The van der Waals surface area contributed by atoms with Crippen LogP contribution in [0.5, 0.6) is 0 Å². The number of amides is 1. The Labute approximate surface area is 205 Å². The van der Waals surface area contributed by atoms with Gasteiger partial charge in [-0.1, -0.05) is 36.4 Å². The first-order chi connectivity index (χ1) is 17.0. The van der Waals surface area contributed by atoms with E-state index in [-0.39, 0.29) is 16.9 Å². The van der Waals surface area contributed by atoms with Crippen molar-refractivity contribution in [3.63, 3.8) is 0 Å². The van der Waals surface area contributed by atoms with Gasteiger partial charge in [-0.25, -0.2) is 4.79 Å². The fourth-order valence-electron chi connectivity index (χ4n) is 4.25. The highest BCUT2D eigenvalue weighted by Crippen LogP contribution is 2.35. The Balaban J connectivity index is 1.71. The van der Waals surface area contributed by atoms with Crippen molar-refractivity contribution in [2.75, 3.05) is 5.32 Å². The number of fused-ring (bicyclic) bond motifs is 1. The number of aromatic nitrogens is 1. The largest absolute Gasteiger partial charge is 0.478 e. The quantitative estimate of drug-likeness (QED) is 0.288. The molecule has 1 atom stereocenters. The number of carboxylic acids is 1. The maximum absolute atomic E-state index is 13.5. The van der Waals surface area contributed by atoms with E-state index in [0.717, 1.165) is 23.2 Å². The first-order valence-corrected chi connectivity index (χ1v) is 11.1. The number of carbonyl (C=O) groups excluding carboxylic acids is 1. The SMILES string of the molecule is Cc1cc(C(C)NC(=O)c2c(Nc3cccc(C(F)(F)F)c3)c3ccccc3n2C)ccc1C(=O)O. The van der Waals surface area contributed by atoms with Crippen molar-refractivity contribution in [3.8, 4) is 0 Å². The lowest BCUT2D eigenvalue weighted by molar-refractivity contribution is -0.137. The van der Waals surface area contributed by atoms with Crippen molar-refractivity contribution in [1.82, 2.24) is 9.88 Å². The van der Waals surface area contributed by atoms with Crippen LogP contribution in [0.4, 0.5) is 24.5 Å². The minimum atomic E-state index is -4.50. The van der Waals surface area contributed by atoms with Crippen LogP contribution in [0.1, 0.15) is 50.5 Å². The van der Waals surface area contributed by atoms with Crippen molar-refractivity contribution in [3.05, 3.63) is 94.7 Å². The van der Waals surface area contributed by atoms with Gasteiger partial charge in [-0.2, -0.15) is 13.2 Å². The molecule has 4 rings (SSSR count). The van der Waals surface area contributed by atoms with Crippen molar-refractivity contribution in [2.24, 2.45) is 7.05 Å². The van der Waals surface area contributed by atoms with Gasteiger partial charge in [0.05, 0.1) is 28.4 Å². The molecular weight excluding hydrogens is 471 g/mol. The zero-order valence-corrected chi connectivity index (χ0v) is 19.8. The molecule has 6 nitrogen and oxygen atoms in total. The average Bonchev–Trinajstić information content (AvgIpc) is 3.10. The summed E-state index contributed by atoms with van der Waals surface area (Å²) in [7, 11) is 1.71. The Morgan fingerprint density at radius 3 is 2.39 bits per heavy atom. The third-order valence-corrected chi connectivity index (χ3v) is 6.11. The van der Waals surface area contributed by atoms with Gasteiger partial charge in [-0.15, -0.1) is 0 Å². The highest BCUT2D eigenvalue weighted by Gasteiger charge is 2.31. The summed E-state index contributed by atoms with van der Waals surface area (Å²) in [6.45, 7) is 3.46. The van der Waals surface area contributed by atoms with Crippen molar-refractivity contribution in [1.29, 1.82) is 0 Å². The highest BCUT2D eigenvalue weighted by atomic mass is 19.4. The van der Waals surface area contributed by atoms with E-state index >= 15 is 0 Å².